The van der Waals surface area contributed by atoms with Gasteiger partial charge in [0.05, 0.1) is 0 Å². The highest BCUT2D eigenvalue weighted by Gasteiger charge is 2.36. The molecule has 0 saturated carbocycles. The predicted molar refractivity (Wildman–Crippen MR) is 109 cm³/mol. The maximum Gasteiger partial charge on any atom is 0.251 e. The molecule has 2 fully saturated rings. The topological polar surface area (TPSA) is 79.0 Å². The summed E-state index contributed by atoms with van der Waals surface area (Å²) in [5.74, 6) is -0.226. The number of nitrogens with one attached hydrogen (secondary N) is 1. The molecule has 1 aromatic rings. The van der Waals surface area contributed by atoms with E-state index in [4.69, 9.17) is 4.74 Å². The average Bonchev–Trinajstić information content (AvgIpc) is 2.78. The van der Waals surface area contributed by atoms with Crippen molar-refractivity contribution in [3.8, 4) is 0 Å². The van der Waals surface area contributed by atoms with Crippen LogP contribution in [-0.2, 0) is 14.3 Å². The highest BCUT2D eigenvalue weighted by atomic mass is 16.5. The lowest BCUT2D eigenvalue weighted by Gasteiger charge is -2.38. The van der Waals surface area contributed by atoms with Gasteiger partial charge in [0.2, 0.25) is 11.8 Å². The molecule has 158 valence electrons. The summed E-state index contributed by atoms with van der Waals surface area (Å²) in [4.78, 5) is 41.8. The first-order chi connectivity index (χ1) is 14.1. The van der Waals surface area contributed by atoms with E-state index < -0.39 is 6.04 Å². The molecule has 1 N–H and O–H groups in total. The molecule has 2 aliphatic heterocycles. The molecule has 2 heterocycles. The average molecular weight is 402 g/mol. The van der Waals surface area contributed by atoms with Crippen LogP contribution in [0.2, 0.25) is 0 Å². The maximum absolute atomic E-state index is 13.3. The zero-order chi connectivity index (χ0) is 20.6. The van der Waals surface area contributed by atoms with E-state index in [1.54, 1.807) is 17.0 Å². The van der Waals surface area contributed by atoms with Crippen molar-refractivity contribution in [3.63, 3.8) is 0 Å². The third-order valence-electron chi connectivity index (χ3n) is 5.89. The molecule has 29 heavy (non-hydrogen) atoms. The second-order valence-corrected chi connectivity index (χ2v) is 7.85. The third-order valence-corrected chi connectivity index (χ3v) is 5.89. The molecule has 0 bridgehead atoms. The maximum atomic E-state index is 13.3. The molecule has 3 amide bonds. The largest absolute Gasteiger partial charge is 0.375 e. The molecule has 1 atom stereocenters. The summed E-state index contributed by atoms with van der Waals surface area (Å²) in [6, 6.07) is 8.44. The van der Waals surface area contributed by atoms with E-state index in [0.29, 0.717) is 31.5 Å². The minimum absolute atomic E-state index is 0.00986. The normalized spacial score (nSPS) is 18.9. The monoisotopic (exact) mass is 401 g/mol. The van der Waals surface area contributed by atoms with Crippen molar-refractivity contribution >= 4 is 17.7 Å². The van der Waals surface area contributed by atoms with Crippen molar-refractivity contribution in [2.45, 2.75) is 38.1 Å². The van der Waals surface area contributed by atoms with E-state index in [2.05, 4.69) is 5.32 Å². The van der Waals surface area contributed by atoms with Gasteiger partial charge in [-0.1, -0.05) is 18.2 Å². The lowest BCUT2D eigenvalue weighted by atomic mass is 9.87. The molecule has 7 heteroatoms. The fourth-order valence-electron chi connectivity index (χ4n) is 4.20. The van der Waals surface area contributed by atoms with Crippen LogP contribution in [-0.4, -0.2) is 73.5 Å². The summed E-state index contributed by atoms with van der Waals surface area (Å²) in [5, 5.41) is 3.01. The third kappa shape index (κ3) is 5.56. The van der Waals surface area contributed by atoms with Crippen molar-refractivity contribution in [1.82, 2.24) is 15.1 Å². The van der Waals surface area contributed by atoms with Crippen LogP contribution < -0.4 is 5.32 Å². The number of benzene rings is 1. The van der Waals surface area contributed by atoms with Gasteiger partial charge >= 0.3 is 0 Å². The van der Waals surface area contributed by atoms with Gasteiger partial charge in [0.1, 0.15) is 12.6 Å². The zero-order valence-corrected chi connectivity index (χ0v) is 17.1. The Morgan fingerprint density at radius 3 is 2.28 bits per heavy atom. The van der Waals surface area contributed by atoms with Crippen LogP contribution in [0.5, 0.6) is 0 Å². The number of hydrogen-bond acceptors (Lipinski definition) is 4. The molecule has 3 rings (SSSR count). The van der Waals surface area contributed by atoms with Gasteiger partial charge in [-0.2, -0.15) is 0 Å². The minimum Gasteiger partial charge on any atom is -0.375 e. The number of ether oxygens (including phenoxy) is 1. The van der Waals surface area contributed by atoms with Crippen LogP contribution in [0.1, 0.15) is 42.5 Å². The first-order valence-corrected chi connectivity index (χ1v) is 10.5. The van der Waals surface area contributed by atoms with Crippen LogP contribution in [0.4, 0.5) is 0 Å². The second kappa shape index (κ2) is 10.4. The number of rotatable bonds is 6. The minimum atomic E-state index is -0.555. The Labute approximate surface area is 172 Å². The second-order valence-electron chi connectivity index (χ2n) is 7.85. The van der Waals surface area contributed by atoms with E-state index >= 15 is 0 Å². The lowest BCUT2D eigenvalue weighted by Crippen LogP contribution is -2.55. The number of methoxy groups -OCH3 is 1. The van der Waals surface area contributed by atoms with Crippen molar-refractivity contribution in [3.05, 3.63) is 35.9 Å². The Bertz CT molecular complexity index is 695. The summed E-state index contributed by atoms with van der Waals surface area (Å²) in [5.41, 5.74) is 0.552. The van der Waals surface area contributed by atoms with Crippen LogP contribution >= 0.6 is 0 Å². The predicted octanol–water partition coefficient (Wildman–Crippen LogP) is 1.68. The Balaban J connectivity index is 1.70. The summed E-state index contributed by atoms with van der Waals surface area (Å²) >= 11 is 0. The van der Waals surface area contributed by atoms with E-state index in [0.717, 1.165) is 32.4 Å². The lowest BCUT2D eigenvalue weighted by molar-refractivity contribution is -0.138. The molecule has 0 aromatic heterocycles. The Morgan fingerprint density at radius 1 is 1.00 bits per heavy atom. The van der Waals surface area contributed by atoms with Crippen LogP contribution in [0.3, 0.4) is 0 Å². The standard InChI is InChI=1S/C22H31N3O4/c1-29-16-19(26)24-14-10-17(11-15-24)20(22(28)25-12-6-3-7-13-25)23-21(27)18-8-4-2-5-9-18/h2,4-5,8-9,17,20H,3,6-7,10-16H2,1H3,(H,23,27)/t20-/m0/s1. The van der Waals surface area contributed by atoms with Gasteiger partial charge in [-0.25, -0.2) is 0 Å². The van der Waals surface area contributed by atoms with Crippen molar-refractivity contribution < 1.29 is 19.1 Å². The van der Waals surface area contributed by atoms with Crippen LogP contribution in [0, 0.1) is 5.92 Å². The Morgan fingerprint density at radius 2 is 1.66 bits per heavy atom. The molecule has 0 radical (unpaired) electrons. The highest BCUT2D eigenvalue weighted by Crippen LogP contribution is 2.24. The highest BCUT2D eigenvalue weighted by molar-refractivity contribution is 5.97. The molecular weight excluding hydrogens is 370 g/mol. The van der Waals surface area contributed by atoms with Crippen molar-refractivity contribution in [1.29, 1.82) is 0 Å². The van der Waals surface area contributed by atoms with Crippen molar-refractivity contribution in [2.24, 2.45) is 5.92 Å². The van der Waals surface area contributed by atoms with Gasteiger partial charge in [0, 0.05) is 38.9 Å². The molecule has 2 saturated heterocycles. The van der Waals surface area contributed by atoms with E-state index in [1.807, 2.05) is 23.1 Å². The molecule has 1 aromatic carbocycles. The van der Waals surface area contributed by atoms with E-state index in [-0.39, 0.29) is 30.2 Å². The number of amides is 3. The van der Waals surface area contributed by atoms with Crippen LogP contribution in [0.15, 0.2) is 30.3 Å². The fraction of sp³-hybridized carbons (Fsp3) is 0.591. The van der Waals surface area contributed by atoms with Gasteiger partial charge in [-0.15, -0.1) is 0 Å². The summed E-state index contributed by atoms with van der Waals surface area (Å²) in [7, 11) is 1.51. The molecule has 0 aliphatic carbocycles. The van der Waals surface area contributed by atoms with Gasteiger partial charge < -0.3 is 19.9 Å². The quantitative estimate of drug-likeness (QED) is 0.787. The smallest absolute Gasteiger partial charge is 0.251 e. The number of likely N-dealkylation sites (tertiary alicyclic amines) is 2. The Kier molecular flexibility index (Phi) is 7.63. The first kappa shape index (κ1) is 21.3. The fourth-order valence-corrected chi connectivity index (χ4v) is 4.20. The van der Waals surface area contributed by atoms with E-state index in [1.165, 1.54) is 7.11 Å². The van der Waals surface area contributed by atoms with Gasteiger partial charge in [-0.3, -0.25) is 14.4 Å². The van der Waals surface area contributed by atoms with Gasteiger partial charge in [-0.05, 0) is 50.2 Å². The number of hydrogen-bond donors (Lipinski definition) is 1. The number of carbonyl (C=O) groups is 3. The van der Waals surface area contributed by atoms with E-state index in [9.17, 15) is 14.4 Å². The first-order valence-electron chi connectivity index (χ1n) is 10.5. The molecular formula is C22H31N3O4. The summed E-state index contributed by atoms with van der Waals surface area (Å²) in [6.45, 7) is 2.74. The summed E-state index contributed by atoms with van der Waals surface area (Å²) in [6.07, 6.45) is 4.54. The van der Waals surface area contributed by atoms with Crippen LogP contribution in [0.25, 0.3) is 0 Å². The molecule has 0 unspecified atom stereocenters. The number of nitrogens with zero attached hydrogens (tertiary/aromatic N) is 2. The van der Waals surface area contributed by atoms with Gasteiger partial charge in [0.15, 0.2) is 0 Å². The molecule has 0 spiro atoms. The SMILES string of the molecule is COCC(=O)N1CCC([C@H](NC(=O)c2ccccc2)C(=O)N2CCCCC2)CC1. The number of piperidine rings is 2. The van der Waals surface area contributed by atoms with Crippen molar-refractivity contribution in [2.75, 3.05) is 39.9 Å². The zero-order valence-electron chi connectivity index (χ0n) is 17.1. The summed E-state index contributed by atoms with van der Waals surface area (Å²) < 4.78 is 4.94. The van der Waals surface area contributed by atoms with Gasteiger partial charge in [0.25, 0.3) is 5.91 Å². The molecule has 7 nitrogen and oxygen atoms in total. The Hall–Kier alpha value is -2.41. The molecule has 2 aliphatic rings. The number of carbonyl (C=O) groups excluding carboxylic acids is 3.